The van der Waals surface area contributed by atoms with Gasteiger partial charge in [0.15, 0.2) is 12.6 Å². The molecule has 0 bridgehead atoms. The Morgan fingerprint density at radius 2 is 1.80 bits per heavy atom. The van der Waals surface area contributed by atoms with Gasteiger partial charge in [0.25, 0.3) is 0 Å². The van der Waals surface area contributed by atoms with Crippen molar-refractivity contribution in [1.82, 2.24) is 0 Å². The van der Waals surface area contributed by atoms with E-state index in [9.17, 15) is 14.7 Å². The molecule has 0 saturated carbocycles. The third-order valence-electron chi connectivity index (χ3n) is 1.76. The summed E-state index contributed by atoms with van der Waals surface area (Å²) in [6.07, 6.45) is 2.46. The second kappa shape index (κ2) is 4.95. The molecule has 1 aromatic rings. The summed E-state index contributed by atoms with van der Waals surface area (Å²) in [7, 11) is 0. The lowest BCUT2D eigenvalue weighted by Gasteiger charge is -2.06. The van der Waals surface area contributed by atoms with Crippen LogP contribution in [0.25, 0.3) is 0 Å². The Balaban J connectivity index is 3.13. The van der Waals surface area contributed by atoms with Crippen molar-refractivity contribution in [3.63, 3.8) is 0 Å². The molecule has 0 spiro atoms. The van der Waals surface area contributed by atoms with Crippen molar-refractivity contribution in [2.75, 3.05) is 6.61 Å². The molecule has 0 aliphatic heterocycles. The maximum atomic E-state index is 10.6. The van der Waals surface area contributed by atoms with Gasteiger partial charge in [-0.1, -0.05) is 12.7 Å². The standard InChI is InChI=1S/C11H10O4/c1-2-3-15-10-4-8(6-12)11(14)9(5-10)7-13/h2,4-7,14H,1,3H2. The molecule has 4 heteroatoms. The van der Waals surface area contributed by atoms with E-state index in [1.807, 2.05) is 0 Å². The predicted octanol–water partition coefficient (Wildman–Crippen LogP) is 1.58. The molecule has 0 aromatic heterocycles. The number of carbonyl (C=O) groups excluding carboxylic acids is 2. The molecule has 15 heavy (non-hydrogen) atoms. The van der Waals surface area contributed by atoms with E-state index in [1.165, 1.54) is 18.2 Å². The first-order valence-electron chi connectivity index (χ1n) is 4.24. The topological polar surface area (TPSA) is 63.6 Å². The summed E-state index contributed by atoms with van der Waals surface area (Å²) in [6.45, 7) is 3.73. The highest BCUT2D eigenvalue weighted by molar-refractivity contribution is 5.89. The van der Waals surface area contributed by atoms with Crippen molar-refractivity contribution < 1.29 is 19.4 Å². The molecule has 0 heterocycles. The normalized spacial score (nSPS) is 9.33. The number of aldehydes is 2. The van der Waals surface area contributed by atoms with Crippen LogP contribution in [-0.4, -0.2) is 24.3 Å². The maximum absolute atomic E-state index is 10.6. The highest BCUT2D eigenvalue weighted by Gasteiger charge is 2.09. The van der Waals surface area contributed by atoms with Crippen molar-refractivity contribution in [3.8, 4) is 11.5 Å². The van der Waals surface area contributed by atoms with E-state index >= 15 is 0 Å². The first-order chi connectivity index (χ1) is 7.22. The molecule has 1 rings (SSSR count). The SMILES string of the molecule is C=CCOc1cc(C=O)c(O)c(C=O)c1. The number of hydrogen-bond donors (Lipinski definition) is 1. The summed E-state index contributed by atoms with van der Waals surface area (Å²) in [5, 5.41) is 9.40. The first-order valence-corrected chi connectivity index (χ1v) is 4.24. The summed E-state index contributed by atoms with van der Waals surface area (Å²) in [6, 6.07) is 2.72. The van der Waals surface area contributed by atoms with Crippen LogP contribution in [0.3, 0.4) is 0 Å². The monoisotopic (exact) mass is 206 g/mol. The maximum Gasteiger partial charge on any atom is 0.153 e. The van der Waals surface area contributed by atoms with Crippen molar-refractivity contribution >= 4 is 12.6 Å². The van der Waals surface area contributed by atoms with Gasteiger partial charge in [0.05, 0.1) is 11.1 Å². The van der Waals surface area contributed by atoms with Gasteiger partial charge in [-0.25, -0.2) is 0 Å². The quantitative estimate of drug-likeness (QED) is 0.586. The van der Waals surface area contributed by atoms with Gasteiger partial charge < -0.3 is 9.84 Å². The van der Waals surface area contributed by atoms with Crippen LogP contribution in [-0.2, 0) is 0 Å². The number of rotatable bonds is 5. The average Bonchev–Trinajstić information content (AvgIpc) is 2.27. The lowest BCUT2D eigenvalue weighted by molar-refractivity contribution is 0.111. The number of aromatic hydroxyl groups is 1. The van der Waals surface area contributed by atoms with Gasteiger partial charge in [-0.3, -0.25) is 9.59 Å². The highest BCUT2D eigenvalue weighted by atomic mass is 16.5. The van der Waals surface area contributed by atoms with Gasteiger partial charge in [-0.05, 0) is 12.1 Å². The smallest absolute Gasteiger partial charge is 0.153 e. The molecule has 1 N–H and O–H groups in total. The van der Waals surface area contributed by atoms with E-state index in [4.69, 9.17) is 4.74 Å². The lowest BCUT2D eigenvalue weighted by atomic mass is 10.1. The second-order valence-corrected chi connectivity index (χ2v) is 2.79. The van der Waals surface area contributed by atoms with E-state index in [0.29, 0.717) is 18.3 Å². The number of benzene rings is 1. The van der Waals surface area contributed by atoms with Gasteiger partial charge in [-0.15, -0.1) is 0 Å². The molecule has 78 valence electrons. The summed E-state index contributed by atoms with van der Waals surface area (Å²) < 4.78 is 5.15. The fourth-order valence-electron chi connectivity index (χ4n) is 1.07. The fraction of sp³-hybridized carbons (Fsp3) is 0.0909. The molecule has 0 saturated heterocycles. The van der Waals surface area contributed by atoms with E-state index in [1.54, 1.807) is 0 Å². The van der Waals surface area contributed by atoms with Gasteiger partial charge in [0, 0.05) is 0 Å². The van der Waals surface area contributed by atoms with Crippen LogP contribution in [0.15, 0.2) is 24.8 Å². The van der Waals surface area contributed by atoms with Gasteiger partial charge >= 0.3 is 0 Å². The first kappa shape index (κ1) is 11.0. The number of phenolic OH excluding ortho intramolecular Hbond substituents is 1. The Kier molecular flexibility index (Phi) is 3.62. The second-order valence-electron chi connectivity index (χ2n) is 2.79. The van der Waals surface area contributed by atoms with Crippen molar-refractivity contribution in [3.05, 3.63) is 35.9 Å². The Bertz CT molecular complexity index is 367. The Morgan fingerprint density at radius 1 is 1.27 bits per heavy atom. The van der Waals surface area contributed by atoms with Crippen LogP contribution >= 0.6 is 0 Å². The largest absolute Gasteiger partial charge is 0.506 e. The molecule has 0 atom stereocenters. The molecular weight excluding hydrogens is 196 g/mol. The molecule has 0 radical (unpaired) electrons. The average molecular weight is 206 g/mol. The van der Waals surface area contributed by atoms with Crippen molar-refractivity contribution in [2.24, 2.45) is 0 Å². The molecule has 0 unspecified atom stereocenters. The Morgan fingerprint density at radius 3 is 2.20 bits per heavy atom. The van der Waals surface area contributed by atoms with E-state index in [0.717, 1.165) is 0 Å². The van der Waals surface area contributed by atoms with E-state index in [2.05, 4.69) is 6.58 Å². The third-order valence-corrected chi connectivity index (χ3v) is 1.76. The minimum absolute atomic E-state index is 0.0265. The number of phenols is 1. The minimum Gasteiger partial charge on any atom is -0.506 e. The number of ether oxygens (including phenoxy) is 1. The minimum atomic E-state index is -0.328. The van der Waals surface area contributed by atoms with Crippen LogP contribution < -0.4 is 4.74 Å². The van der Waals surface area contributed by atoms with Crippen LogP contribution in [0.2, 0.25) is 0 Å². The molecular formula is C11H10O4. The van der Waals surface area contributed by atoms with Crippen LogP contribution in [0.5, 0.6) is 11.5 Å². The predicted molar refractivity (Wildman–Crippen MR) is 54.6 cm³/mol. The van der Waals surface area contributed by atoms with Gasteiger partial charge in [0.2, 0.25) is 0 Å². The summed E-state index contributed by atoms with van der Waals surface area (Å²) in [5.74, 6) is 0.0165. The summed E-state index contributed by atoms with van der Waals surface area (Å²) >= 11 is 0. The third kappa shape index (κ3) is 2.43. The molecule has 1 aromatic carbocycles. The summed E-state index contributed by atoms with van der Waals surface area (Å²) in [5.41, 5.74) is 0.0531. The zero-order valence-electron chi connectivity index (χ0n) is 7.97. The van der Waals surface area contributed by atoms with Crippen LogP contribution in [0.4, 0.5) is 0 Å². The highest BCUT2D eigenvalue weighted by Crippen LogP contribution is 2.26. The number of carbonyl (C=O) groups is 2. The Labute approximate surface area is 86.8 Å². The fourth-order valence-corrected chi connectivity index (χ4v) is 1.07. The van der Waals surface area contributed by atoms with E-state index in [-0.39, 0.29) is 23.5 Å². The molecule has 0 aliphatic rings. The van der Waals surface area contributed by atoms with Crippen molar-refractivity contribution in [2.45, 2.75) is 0 Å². The molecule has 0 fully saturated rings. The zero-order chi connectivity index (χ0) is 11.3. The number of hydrogen-bond acceptors (Lipinski definition) is 4. The summed E-state index contributed by atoms with van der Waals surface area (Å²) in [4.78, 5) is 21.1. The van der Waals surface area contributed by atoms with Crippen LogP contribution in [0, 0.1) is 0 Å². The van der Waals surface area contributed by atoms with E-state index < -0.39 is 0 Å². The van der Waals surface area contributed by atoms with Gasteiger partial charge in [0.1, 0.15) is 18.1 Å². The Hall–Kier alpha value is -2.10. The molecule has 4 nitrogen and oxygen atoms in total. The molecule has 0 aliphatic carbocycles. The van der Waals surface area contributed by atoms with Crippen molar-refractivity contribution in [1.29, 1.82) is 0 Å². The van der Waals surface area contributed by atoms with Gasteiger partial charge in [-0.2, -0.15) is 0 Å². The lowest BCUT2D eigenvalue weighted by Crippen LogP contribution is -1.96. The molecule has 0 amide bonds. The van der Waals surface area contributed by atoms with Crippen LogP contribution in [0.1, 0.15) is 20.7 Å². The zero-order valence-corrected chi connectivity index (χ0v) is 7.97.